The van der Waals surface area contributed by atoms with Crippen molar-refractivity contribution in [1.29, 1.82) is 0 Å². The third kappa shape index (κ3) is 8.33. The standard InChI is InChI=1S/C53H62N8O9S/c1-31(2)38-6-3-4-7-39(38)42-8-5-19-59(42)35-26-53(27-35)16-20-58(21-17-53)34-11-14-40(43(23-34)60-45-22-33-15-18-54-50(33)56-52(45)70-48-30-68-29-46(48)60)51(63)57-71(66,67)37-24-44(61(64)65)49-47(25-37)69-28-41(55-49)32-9-12-36(62)13-10-32/h3-4,6-7,11,14-15,18,22-25,31-32,35-36,41-42,46,48,55,62H,5,8-10,12-13,16-17,19-21,26-30H2,1-2H3,(H,54,56)(H,57,63)/t32?,36?,41-,42+,46+,48+/m1/s1. The van der Waals surface area contributed by atoms with Crippen molar-refractivity contribution in [2.45, 2.75) is 125 Å². The maximum absolute atomic E-state index is 14.7. The molecule has 1 amide bonds. The Kier molecular flexibility index (Phi) is 11.7. The molecule has 5 fully saturated rings. The summed E-state index contributed by atoms with van der Waals surface area (Å²) in [6, 6.07) is 21.0. The second kappa shape index (κ2) is 18.0. The number of nitrogens with zero attached hydrogens (tertiary/aromatic N) is 5. The van der Waals surface area contributed by atoms with Crippen LogP contribution in [0.15, 0.2) is 77.8 Å². The van der Waals surface area contributed by atoms with Crippen LogP contribution in [-0.2, 0) is 14.8 Å². The van der Waals surface area contributed by atoms with Crippen LogP contribution in [0, 0.1) is 21.4 Å². The summed E-state index contributed by atoms with van der Waals surface area (Å²) in [5, 5.41) is 26.7. The van der Waals surface area contributed by atoms with Gasteiger partial charge in [-0.15, -0.1) is 0 Å². The van der Waals surface area contributed by atoms with E-state index in [1.807, 2.05) is 29.2 Å². The maximum Gasteiger partial charge on any atom is 0.297 e. The number of likely N-dealkylation sites (tertiary alicyclic amines) is 1. The number of ether oxygens (including phenoxy) is 3. The Morgan fingerprint density at radius 3 is 2.55 bits per heavy atom. The van der Waals surface area contributed by atoms with Crippen LogP contribution in [0.4, 0.5) is 28.4 Å². The highest BCUT2D eigenvalue weighted by Gasteiger charge is 2.50. The summed E-state index contributed by atoms with van der Waals surface area (Å²) < 4.78 is 49.4. The van der Waals surface area contributed by atoms with Crippen LogP contribution in [-0.4, -0.2) is 109 Å². The van der Waals surface area contributed by atoms with Gasteiger partial charge in [0.15, 0.2) is 11.4 Å². The minimum Gasteiger partial charge on any atom is -0.489 e. The van der Waals surface area contributed by atoms with Gasteiger partial charge in [-0.3, -0.25) is 19.8 Å². The van der Waals surface area contributed by atoms with Crippen LogP contribution >= 0.6 is 0 Å². The molecule has 0 unspecified atom stereocenters. The van der Waals surface area contributed by atoms with Crippen molar-refractivity contribution in [3.63, 3.8) is 0 Å². The van der Waals surface area contributed by atoms with Gasteiger partial charge in [-0.05, 0) is 129 Å². The zero-order chi connectivity index (χ0) is 48.8. The molecule has 0 radical (unpaired) electrons. The van der Waals surface area contributed by atoms with Gasteiger partial charge in [0.05, 0.1) is 52.5 Å². The summed E-state index contributed by atoms with van der Waals surface area (Å²) in [6.07, 6.45) is 10.7. The quantitative estimate of drug-likeness (QED) is 0.0768. The Morgan fingerprint density at radius 2 is 1.76 bits per heavy atom. The number of pyridine rings is 1. The fraction of sp³-hybridized carbons (Fsp3) is 0.509. The number of hydrogen-bond acceptors (Lipinski definition) is 14. The smallest absolute Gasteiger partial charge is 0.297 e. The van der Waals surface area contributed by atoms with Gasteiger partial charge >= 0.3 is 0 Å². The molecule has 374 valence electrons. The van der Waals surface area contributed by atoms with Crippen LogP contribution in [0.2, 0.25) is 0 Å². The molecule has 7 heterocycles. The largest absolute Gasteiger partial charge is 0.489 e. The number of nitrogens with one attached hydrogen (secondary N) is 3. The van der Waals surface area contributed by atoms with Gasteiger partial charge in [0.1, 0.15) is 24.0 Å². The van der Waals surface area contributed by atoms with E-state index in [0.717, 1.165) is 62.5 Å². The molecular weight excluding hydrogens is 925 g/mol. The van der Waals surface area contributed by atoms with Crippen LogP contribution in [0.25, 0.3) is 11.0 Å². The van der Waals surface area contributed by atoms with E-state index in [2.05, 4.69) is 62.9 Å². The Hall–Kier alpha value is -5.95. The average molecular weight is 987 g/mol. The van der Waals surface area contributed by atoms with Crippen molar-refractivity contribution in [3.8, 4) is 11.6 Å². The molecule has 4 N–H and O–H groups in total. The highest BCUT2D eigenvalue weighted by Crippen LogP contribution is 2.55. The normalized spacial score (nSPS) is 26.3. The number of benzene rings is 3. The number of aliphatic hydroxyl groups is 1. The molecule has 2 aromatic heterocycles. The molecule has 5 aliphatic heterocycles. The third-order valence-corrected chi connectivity index (χ3v) is 18.2. The molecule has 4 atom stereocenters. The van der Waals surface area contributed by atoms with E-state index in [0.29, 0.717) is 67.0 Å². The molecule has 7 aliphatic rings. The highest BCUT2D eigenvalue weighted by molar-refractivity contribution is 7.90. The van der Waals surface area contributed by atoms with Gasteiger partial charge in [0.2, 0.25) is 5.88 Å². The minimum atomic E-state index is -4.70. The highest BCUT2D eigenvalue weighted by atomic mass is 32.2. The number of hydrogen-bond donors (Lipinski definition) is 4. The molecule has 71 heavy (non-hydrogen) atoms. The second-order valence-corrected chi connectivity index (χ2v) is 23.1. The number of carbonyl (C=O) groups is 1. The Bertz CT molecular complexity index is 2990. The third-order valence-electron chi connectivity index (χ3n) is 16.9. The summed E-state index contributed by atoms with van der Waals surface area (Å²) in [6.45, 7) is 8.17. The summed E-state index contributed by atoms with van der Waals surface area (Å²) in [5.41, 5.74) is 5.57. The van der Waals surface area contributed by atoms with E-state index in [4.69, 9.17) is 19.2 Å². The van der Waals surface area contributed by atoms with Crippen molar-refractivity contribution in [1.82, 2.24) is 19.6 Å². The number of amides is 1. The zero-order valence-corrected chi connectivity index (χ0v) is 41.0. The minimum absolute atomic E-state index is 0.0123. The molecule has 0 bridgehead atoms. The van der Waals surface area contributed by atoms with Gasteiger partial charge < -0.3 is 39.4 Å². The lowest BCUT2D eigenvalue weighted by molar-refractivity contribution is -0.384. The number of nitro benzene ring substituents is 1. The van der Waals surface area contributed by atoms with Crippen LogP contribution < -0.4 is 29.3 Å². The van der Waals surface area contributed by atoms with Gasteiger partial charge in [-0.25, -0.2) is 13.1 Å². The fourth-order valence-electron chi connectivity index (χ4n) is 13.1. The summed E-state index contributed by atoms with van der Waals surface area (Å²) >= 11 is 0. The molecule has 2 saturated carbocycles. The summed E-state index contributed by atoms with van der Waals surface area (Å²) in [5.74, 6) is 0.0786. The van der Waals surface area contributed by atoms with Gasteiger partial charge in [0, 0.05) is 54.6 Å². The first-order valence-electron chi connectivity index (χ1n) is 25.5. The molecule has 2 aliphatic carbocycles. The van der Waals surface area contributed by atoms with Gasteiger partial charge in [-0.2, -0.15) is 4.98 Å². The fourth-order valence-corrected chi connectivity index (χ4v) is 14.1. The number of aromatic nitrogens is 2. The van der Waals surface area contributed by atoms with E-state index in [1.54, 1.807) is 12.3 Å². The first kappa shape index (κ1) is 46.1. The first-order chi connectivity index (χ1) is 34.3. The molecule has 3 saturated heterocycles. The molecule has 3 aromatic carbocycles. The number of piperidine rings is 1. The first-order valence-corrected chi connectivity index (χ1v) is 27.0. The number of nitro groups is 1. The van der Waals surface area contributed by atoms with Crippen molar-refractivity contribution in [2.75, 3.05) is 54.6 Å². The van der Waals surface area contributed by atoms with E-state index in [1.165, 1.54) is 42.9 Å². The van der Waals surface area contributed by atoms with E-state index in [-0.39, 0.29) is 53.1 Å². The van der Waals surface area contributed by atoms with Gasteiger partial charge in [-0.1, -0.05) is 38.1 Å². The topological polar surface area (TPSA) is 205 Å². The van der Waals surface area contributed by atoms with Crippen LogP contribution in [0.5, 0.6) is 11.6 Å². The lowest BCUT2D eigenvalue weighted by atomic mass is 9.59. The lowest BCUT2D eigenvalue weighted by Crippen LogP contribution is -2.55. The molecule has 5 aromatic rings. The van der Waals surface area contributed by atoms with Crippen LogP contribution in [0.1, 0.15) is 112 Å². The van der Waals surface area contributed by atoms with Crippen molar-refractivity contribution in [2.24, 2.45) is 11.3 Å². The number of rotatable bonds is 10. The summed E-state index contributed by atoms with van der Waals surface area (Å²) in [4.78, 5) is 41.3. The maximum atomic E-state index is 14.7. The van der Waals surface area contributed by atoms with Crippen molar-refractivity contribution < 1.29 is 37.5 Å². The van der Waals surface area contributed by atoms with Crippen molar-refractivity contribution in [3.05, 3.63) is 99.7 Å². The predicted molar refractivity (Wildman–Crippen MR) is 268 cm³/mol. The van der Waals surface area contributed by atoms with E-state index >= 15 is 0 Å². The number of H-pyrrole nitrogens is 1. The monoisotopic (exact) mass is 986 g/mol. The molecule has 17 nitrogen and oxygen atoms in total. The Balaban J connectivity index is 0.827. The molecule has 18 heteroatoms. The number of sulfonamides is 1. The average Bonchev–Trinajstić information content (AvgIpc) is 4.16. The molecular formula is C53H62N8O9S. The van der Waals surface area contributed by atoms with Gasteiger partial charge in [0.25, 0.3) is 21.6 Å². The molecule has 1 spiro atoms. The number of fused-ring (bicyclic) bond motifs is 4. The number of aliphatic hydroxyl groups excluding tert-OH is 1. The number of carbonyl (C=O) groups excluding carboxylic acids is 1. The lowest BCUT2D eigenvalue weighted by Gasteiger charge is -2.56. The SMILES string of the molecule is CC(C)c1ccccc1[C@@H]1CCCN1C1CC2(CCN(c3ccc(C(=O)NS(=O)(=O)c4cc5c(c([N+](=O)[O-])c4)N[C@@H](C4CCC(O)CC4)CO5)c(N4c5cc6cc[nH]c6nc5O[C@H]5COC[C@@H]54)c3)CC2)C1. The van der Waals surface area contributed by atoms with E-state index < -0.39 is 37.5 Å². The number of aromatic amines is 1. The number of anilines is 4. The second-order valence-electron chi connectivity index (χ2n) is 21.4. The molecule has 12 rings (SSSR count). The van der Waals surface area contributed by atoms with E-state index in [9.17, 15) is 28.4 Å². The van der Waals surface area contributed by atoms with Crippen molar-refractivity contribution >= 4 is 55.4 Å². The Morgan fingerprint density at radius 1 is 0.958 bits per heavy atom. The Labute approximate surface area is 413 Å². The van der Waals surface area contributed by atoms with Crippen LogP contribution in [0.3, 0.4) is 0 Å². The zero-order valence-electron chi connectivity index (χ0n) is 40.2. The summed E-state index contributed by atoms with van der Waals surface area (Å²) in [7, 11) is -4.70. The predicted octanol–water partition coefficient (Wildman–Crippen LogP) is 8.32.